The molecule has 224 valence electrons. The van der Waals surface area contributed by atoms with Crippen molar-refractivity contribution in [3.05, 3.63) is 150 Å². The Morgan fingerprint density at radius 1 is 0.600 bits per heavy atom. The van der Waals surface area contributed by atoms with Gasteiger partial charge in [0.2, 0.25) is 5.91 Å². The number of anilines is 2. The van der Waals surface area contributed by atoms with Crippen molar-refractivity contribution in [2.45, 2.75) is 10.1 Å². The summed E-state index contributed by atoms with van der Waals surface area (Å²) in [5, 5.41) is 23.7. The molecule has 0 spiro atoms. The zero-order valence-corrected chi connectivity index (χ0v) is 24.4. The first kappa shape index (κ1) is 30.6. The second-order valence-electron chi connectivity index (χ2n) is 9.69. The van der Waals surface area contributed by atoms with Crippen LogP contribution in [0.3, 0.4) is 0 Å². The maximum atomic E-state index is 13.6. The summed E-state index contributed by atoms with van der Waals surface area (Å²) in [7, 11) is 0. The van der Waals surface area contributed by atoms with Crippen LogP contribution in [0.2, 0.25) is 0 Å². The number of thioether (sulfide) groups is 1. The Labute approximate surface area is 262 Å². The van der Waals surface area contributed by atoms with Gasteiger partial charge in [0.05, 0.1) is 16.7 Å². The van der Waals surface area contributed by atoms with Gasteiger partial charge in [-0.2, -0.15) is 0 Å². The normalized spacial score (nSPS) is 11.2. The molecule has 0 radical (unpaired) electrons. The van der Waals surface area contributed by atoms with E-state index in [1.807, 2.05) is 60.7 Å². The van der Waals surface area contributed by atoms with E-state index in [9.17, 15) is 29.4 Å². The first-order valence-electron chi connectivity index (χ1n) is 13.6. The zero-order chi connectivity index (χ0) is 31.8. The number of nitrogens with one attached hydrogen (secondary N) is 2. The predicted molar refractivity (Wildman–Crippen MR) is 171 cm³/mol. The fraction of sp³-hybridized carbons (Fsp3) is 0.0286. The molecule has 0 bridgehead atoms. The molecule has 4 N–H and O–H groups in total. The third-order valence-electron chi connectivity index (χ3n) is 6.53. The molecule has 0 aliphatic rings. The molecular weight excluding hydrogens is 592 g/mol. The molecule has 0 heterocycles. The third kappa shape index (κ3) is 7.95. The fourth-order valence-electron chi connectivity index (χ4n) is 4.37. The van der Waals surface area contributed by atoms with Crippen LogP contribution in [0.5, 0.6) is 11.5 Å². The van der Waals surface area contributed by atoms with Gasteiger partial charge in [-0.3, -0.25) is 9.59 Å². The SMILES string of the molecule is O=C(O)c1ccc(C(=O)Nc2cccc(SC(C(=O)Nc3ccc(Oc4ccccc4)cc3)c3ccccc3)c2)c(C(=O)O)c1. The third-order valence-corrected chi connectivity index (χ3v) is 7.78. The number of ether oxygens (including phenoxy) is 1. The smallest absolute Gasteiger partial charge is 0.336 e. The molecule has 0 aliphatic carbocycles. The maximum Gasteiger partial charge on any atom is 0.336 e. The number of hydrogen-bond acceptors (Lipinski definition) is 6. The van der Waals surface area contributed by atoms with Crippen LogP contribution in [-0.2, 0) is 4.79 Å². The number of benzene rings is 5. The van der Waals surface area contributed by atoms with E-state index >= 15 is 0 Å². The quantitative estimate of drug-likeness (QED) is 0.111. The number of para-hydroxylation sites is 1. The van der Waals surface area contributed by atoms with Gasteiger partial charge >= 0.3 is 11.9 Å². The molecule has 1 unspecified atom stereocenters. The minimum Gasteiger partial charge on any atom is -0.478 e. The molecule has 0 fully saturated rings. The summed E-state index contributed by atoms with van der Waals surface area (Å²) in [6, 6.07) is 35.8. The van der Waals surface area contributed by atoms with E-state index < -0.39 is 28.7 Å². The van der Waals surface area contributed by atoms with Crippen LogP contribution in [0, 0.1) is 0 Å². The lowest BCUT2D eigenvalue weighted by Gasteiger charge is -2.18. The number of carboxylic acid groups (broad SMARTS) is 2. The van der Waals surface area contributed by atoms with Gasteiger partial charge in [-0.05, 0) is 78.4 Å². The minimum absolute atomic E-state index is 0.188. The van der Waals surface area contributed by atoms with Gasteiger partial charge in [-0.15, -0.1) is 11.8 Å². The van der Waals surface area contributed by atoms with Gasteiger partial charge in [0.25, 0.3) is 5.91 Å². The summed E-state index contributed by atoms with van der Waals surface area (Å²) in [4.78, 5) is 50.3. The molecule has 0 aliphatic heterocycles. The lowest BCUT2D eigenvalue weighted by molar-refractivity contribution is -0.115. The lowest BCUT2D eigenvalue weighted by Crippen LogP contribution is -2.19. The van der Waals surface area contributed by atoms with Crippen molar-refractivity contribution in [2.75, 3.05) is 10.6 Å². The molecule has 0 saturated carbocycles. The van der Waals surface area contributed by atoms with E-state index in [-0.39, 0.29) is 17.0 Å². The second kappa shape index (κ2) is 14.1. The second-order valence-corrected chi connectivity index (χ2v) is 10.9. The Balaban J connectivity index is 1.32. The van der Waals surface area contributed by atoms with E-state index in [0.29, 0.717) is 27.8 Å². The van der Waals surface area contributed by atoms with Crippen molar-refractivity contribution in [1.29, 1.82) is 0 Å². The van der Waals surface area contributed by atoms with Crippen LogP contribution in [0.25, 0.3) is 0 Å². The van der Waals surface area contributed by atoms with Gasteiger partial charge < -0.3 is 25.6 Å². The van der Waals surface area contributed by atoms with Gasteiger partial charge in [0.15, 0.2) is 0 Å². The number of rotatable bonds is 11. The maximum absolute atomic E-state index is 13.6. The molecule has 5 aromatic carbocycles. The first-order valence-corrected chi connectivity index (χ1v) is 14.5. The molecule has 10 heteroatoms. The molecule has 2 amide bonds. The van der Waals surface area contributed by atoms with E-state index in [2.05, 4.69) is 10.6 Å². The summed E-state index contributed by atoms with van der Waals surface area (Å²) in [5.74, 6) is -2.39. The van der Waals surface area contributed by atoms with Crippen molar-refractivity contribution in [1.82, 2.24) is 0 Å². The Hall–Kier alpha value is -5.87. The van der Waals surface area contributed by atoms with Gasteiger partial charge in [0.1, 0.15) is 16.7 Å². The summed E-state index contributed by atoms with van der Waals surface area (Å²) in [6.07, 6.45) is 0. The molecule has 5 rings (SSSR count). The molecule has 0 aromatic heterocycles. The van der Waals surface area contributed by atoms with Crippen molar-refractivity contribution < 1.29 is 34.1 Å². The number of carboxylic acids is 2. The van der Waals surface area contributed by atoms with Gasteiger partial charge in [0, 0.05) is 16.3 Å². The van der Waals surface area contributed by atoms with Crippen molar-refractivity contribution in [3.8, 4) is 11.5 Å². The number of carbonyl (C=O) groups is 4. The Morgan fingerprint density at radius 3 is 1.93 bits per heavy atom. The Morgan fingerprint density at radius 2 is 1.27 bits per heavy atom. The fourth-order valence-corrected chi connectivity index (χ4v) is 5.46. The van der Waals surface area contributed by atoms with E-state index in [4.69, 9.17) is 4.74 Å². The van der Waals surface area contributed by atoms with Crippen molar-refractivity contribution in [2.24, 2.45) is 0 Å². The van der Waals surface area contributed by atoms with Crippen LogP contribution in [0.4, 0.5) is 11.4 Å². The first-order chi connectivity index (χ1) is 21.8. The minimum atomic E-state index is -1.43. The number of aromatic carboxylic acids is 2. The standard InChI is InChI=1S/C35H26N2O7S/c38-32(29-19-14-23(34(40)41)20-30(29)35(42)43)37-25-10-7-13-28(21-25)45-31(22-8-3-1-4-9-22)33(39)36-24-15-17-27(18-16-24)44-26-11-5-2-6-12-26/h1-21,31H,(H,36,39)(H,37,38)(H,40,41)(H,42,43). The number of hydrogen-bond donors (Lipinski definition) is 4. The van der Waals surface area contributed by atoms with Crippen molar-refractivity contribution in [3.63, 3.8) is 0 Å². The van der Waals surface area contributed by atoms with E-state index in [1.54, 1.807) is 48.5 Å². The van der Waals surface area contributed by atoms with Crippen molar-refractivity contribution >= 4 is 46.9 Å². The lowest BCUT2D eigenvalue weighted by atomic mass is 10.0. The molecule has 9 nitrogen and oxygen atoms in total. The Kier molecular flexibility index (Phi) is 9.56. The summed E-state index contributed by atoms with van der Waals surface area (Å²) < 4.78 is 5.83. The molecule has 1 atom stereocenters. The molecular formula is C35H26N2O7S. The number of carbonyl (C=O) groups excluding carboxylic acids is 2. The molecule has 0 saturated heterocycles. The highest BCUT2D eigenvalue weighted by Crippen LogP contribution is 2.37. The summed E-state index contributed by atoms with van der Waals surface area (Å²) in [5.41, 5.74) is 0.855. The monoisotopic (exact) mass is 618 g/mol. The summed E-state index contributed by atoms with van der Waals surface area (Å²) in [6.45, 7) is 0. The van der Waals surface area contributed by atoms with Crippen LogP contribution in [0.1, 0.15) is 41.9 Å². The highest BCUT2D eigenvalue weighted by atomic mass is 32.2. The van der Waals surface area contributed by atoms with E-state index in [1.165, 1.54) is 17.8 Å². The predicted octanol–water partition coefficient (Wildman–Crippen LogP) is 7.60. The largest absolute Gasteiger partial charge is 0.478 e. The molecule has 45 heavy (non-hydrogen) atoms. The highest BCUT2D eigenvalue weighted by molar-refractivity contribution is 8.00. The average molecular weight is 619 g/mol. The topological polar surface area (TPSA) is 142 Å². The van der Waals surface area contributed by atoms with Crippen LogP contribution >= 0.6 is 11.8 Å². The summed E-state index contributed by atoms with van der Waals surface area (Å²) >= 11 is 1.28. The zero-order valence-electron chi connectivity index (χ0n) is 23.5. The Bertz CT molecular complexity index is 1850. The van der Waals surface area contributed by atoms with Crippen LogP contribution in [-0.4, -0.2) is 34.0 Å². The van der Waals surface area contributed by atoms with Gasteiger partial charge in [-0.25, -0.2) is 9.59 Å². The number of amides is 2. The van der Waals surface area contributed by atoms with E-state index in [0.717, 1.165) is 17.7 Å². The average Bonchev–Trinajstić information content (AvgIpc) is 3.05. The van der Waals surface area contributed by atoms with Gasteiger partial charge in [-0.1, -0.05) is 54.6 Å². The van der Waals surface area contributed by atoms with Crippen LogP contribution in [0.15, 0.2) is 132 Å². The van der Waals surface area contributed by atoms with Crippen LogP contribution < -0.4 is 15.4 Å². The molecule has 5 aromatic rings. The highest BCUT2D eigenvalue weighted by Gasteiger charge is 2.23.